The summed E-state index contributed by atoms with van der Waals surface area (Å²) in [6.07, 6.45) is 7.24. The number of benzene rings is 3. The summed E-state index contributed by atoms with van der Waals surface area (Å²) in [5.41, 5.74) is 15.6. The summed E-state index contributed by atoms with van der Waals surface area (Å²) in [6.45, 7) is 0. The normalized spacial score (nSPS) is 11.6. The van der Waals surface area contributed by atoms with Crippen molar-refractivity contribution in [3.8, 4) is 67.5 Å². The minimum Gasteiger partial charge on any atom is -0.454 e. The van der Waals surface area contributed by atoms with E-state index in [0.717, 1.165) is 112 Å². The summed E-state index contributed by atoms with van der Waals surface area (Å²) in [6, 6.07) is 48.4. The molecule has 11 rings (SSSR count). The number of rotatable bonds is 6. The van der Waals surface area contributed by atoms with Crippen molar-refractivity contribution in [2.24, 2.45) is 0 Å². The number of furan rings is 2. The quantitative estimate of drug-likeness (QED) is 0.167. The SMILES string of the molecule is c1ccc(-c2cccc(-c3ccc4oc5c(-c6ccc(-c7ccnc8c7oc7ccc(-c9cccc(-c%10ccccn%10)n9)cc78)cc6)ccnc5c4c3)n2)nc1. The topological polar surface area (TPSA) is 104 Å². The Hall–Kier alpha value is -7.84. The van der Waals surface area contributed by atoms with E-state index in [1.807, 2.05) is 122 Å². The third kappa shape index (κ3) is 5.39. The maximum atomic E-state index is 6.47. The third-order valence-corrected chi connectivity index (χ3v) is 10.2. The van der Waals surface area contributed by atoms with Crippen molar-refractivity contribution in [1.82, 2.24) is 29.9 Å². The monoisotopic (exact) mass is 720 g/mol. The maximum Gasteiger partial charge on any atom is 0.161 e. The van der Waals surface area contributed by atoms with E-state index in [9.17, 15) is 0 Å². The molecular formula is C48H28N6O2. The molecule has 0 saturated heterocycles. The second kappa shape index (κ2) is 12.9. The zero-order valence-electron chi connectivity index (χ0n) is 29.7. The van der Waals surface area contributed by atoms with Crippen LogP contribution in [0.25, 0.3) is 112 Å². The third-order valence-electron chi connectivity index (χ3n) is 10.2. The first-order valence-electron chi connectivity index (χ1n) is 18.2. The number of fused-ring (bicyclic) bond motifs is 6. The van der Waals surface area contributed by atoms with Crippen LogP contribution in [0, 0.1) is 0 Å². The second-order valence-corrected chi connectivity index (χ2v) is 13.5. The van der Waals surface area contributed by atoms with E-state index in [1.165, 1.54) is 0 Å². The molecule has 0 radical (unpaired) electrons. The van der Waals surface area contributed by atoms with Crippen molar-refractivity contribution < 1.29 is 8.83 Å². The molecule has 8 heteroatoms. The van der Waals surface area contributed by atoms with Gasteiger partial charge in [0.15, 0.2) is 11.2 Å². The number of pyridine rings is 6. The van der Waals surface area contributed by atoms with Crippen molar-refractivity contribution in [2.75, 3.05) is 0 Å². The van der Waals surface area contributed by atoms with Gasteiger partial charge in [0, 0.05) is 57.8 Å². The number of nitrogens with zero attached hydrogens (tertiary/aromatic N) is 6. The molecule has 11 aromatic rings. The van der Waals surface area contributed by atoms with Crippen LogP contribution in [-0.2, 0) is 0 Å². The average Bonchev–Trinajstić information content (AvgIpc) is 3.85. The fraction of sp³-hybridized carbons (Fsp3) is 0. The van der Waals surface area contributed by atoms with E-state index < -0.39 is 0 Å². The maximum absolute atomic E-state index is 6.47. The molecule has 8 aromatic heterocycles. The second-order valence-electron chi connectivity index (χ2n) is 13.5. The lowest BCUT2D eigenvalue weighted by Gasteiger charge is -2.06. The molecule has 0 spiro atoms. The van der Waals surface area contributed by atoms with Gasteiger partial charge in [-0.05, 0) is 108 Å². The van der Waals surface area contributed by atoms with Gasteiger partial charge >= 0.3 is 0 Å². The minimum absolute atomic E-state index is 0.738. The van der Waals surface area contributed by atoms with Crippen LogP contribution in [0.1, 0.15) is 0 Å². The molecule has 0 saturated carbocycles. The van der Waals surface area contributed by atoms with Gasteiger partial charge in [0.05, 0.1) is 34.2 Å². The highest BCUT2D eigenvalue weighted by molar-refractivity contribution is 6.10. The standard InChI is InChI=1S/C48H28N6O2/c1-3-23-49-39(7-1)41-11-5-9-37(53-41)31-17-19-43-35(27-31)45-47(55-43)33(21-25-51-45)29-13-15-30(16-14-29)34-22-26-52-46-36-28-32(18-20-44(36)56-48(34)46)38-10-6-12-42(54-38)40-8-2-4-24-50-40/h1-28H. The first kappa shape index (κ1) is 31.7. The summed E-state index contributed by atoms with van der Waals surface area (Å²) in [7, 11) is 0. The Balaban J connectivity index is 0.927. The molecule has 56 heavy (non-hydrogen) atoms. The van der Waals surface area contributed by atoms with Crippen LogP contribution < -0.4 is 0 Å². The molecule has 8 nitrogen and oxygen atoms in total. The Morgan fingerprint density at radius 2 is 0.750 bits per heavy atom. The van der Waals surface area contributed by atoms with E-state index in [2.05, 4.69) is 46.4 Å². The first-order valence-corrected chi connectivity index (χ1v) is 18.2. The Bertz CT molecular complexity index is 3030. The molecule has 0 fully saturated rings. The first-order chi connectivity index (χ1) is 27.7. The highest BCUT2D eigenvalue weighted by atomic mass is 16.3. The zero-order chi connectivity index (χ0) is 37.0. The molecule has 0 aliphatic carbocycles. The number of hydrogen-bond acceptors (Lipinski definition) is 8. The summed E-state index contributed by atoms with van der Waals surface area (Å²) in [4.78, 5) is 28.3. The molecule has 0 aliphatic rings. The van der Waals surface area contributed by atoms with Crippen molar-refractivity contribution in [3.63, 3.8) is 0 Å². The largest absolute Gasteiger partial charge is 0.454 e. The van der Waals surface area contributed by atoms with Crippen LogP contribution in [0.3, 0.4) is 0 Å². The van der Waals surface area contributed by atoms with Gasteiger partial charge in [-0.3, -0.25) is 19.9 Å². The molecule has 0 atom stereocenters. The lowest BCUT2D eigenvalue weighted by molar-refractivity contribution is 0.669. The highest BCUT2D eigenvalue weighted by Gasteiger charge is 2.18. The summed E-state index contributed by atoms with van der Waals surface area (Å²) in [5, 5.41) is 1.87. The molecule has 0 amide bonds. The minimum atomic E-state index is 0.738. The van der Waals surface area contributed by atoms with E-state index >= 15 is 0 Å². The van der Waals surface area contributed by atoms with Crippen LogP contribution in [0.5, 0.6) is 0 Å². The van der Waals surface area contributed by atoms with Crippen LogP contribution in [0.2, 0.25) is 0 Å². The average molecular weight is 721 g/mol. The molecular weight excluding hydrogens is 693 g/mol. The summed E-state index contributed by atoms with van der Waals surface area (Å²) >= 11 is 0. The van der Waals surface area contributed by atoms with Crippen molar-refractivity contribution in [1.29, 1.82) is 0 Å². The Morgan fingerprint density at radius 1 is 0.321 bits per heavy atom. The Morgan fingerprint density at radius 3 is 1.20 bits per heavy atom. The van der Waals surface area contributed by atoms with E-state index in [1.54, 1.807) is 12.4 Å². The molecule has 0 aliphatic heterocycles. The van der Waals surface area contributed by atoms with Crippen LogP contribution in [-0.4, -0.2) is 29.9 Å². The van der Waals surface area contributed by atoms with Crippen LogP contribution in [0.15, 0.2) is 179 Å². The van der Waals surface area contributed by atoms with Crippen molar-refractivity contribution >= 4 is 44.1 Å². The molecule has 0 N–H and O–H groups in total. The van der Waals surface area contributed by atoms with Crippen molar-refractivity contribution in [3.05, 3.63) is 170 Å². The van der Waals surface area contributed by atoms with E-state index in [4.69, 9.17) is 28.8 Å². The smallest absolute Gasteiger partial charge is 0.161 e. The lowest BCUT2D eigenvalue weighted by Crippen LogP contribution is -1.89. The van der Waals surface area contributed by atoms with Gasteiger partial charge in [-0.2, -0.15) is 0 Å². The number of aromatic nitrogens is 6. The van der Waals surface area contributed by atoms with Gasteiger partial charge in [0.2, 0.25) is 0 Å². The van der Waals surface area contributed by atoms with E-state index in [0.29, 0.717) is 0 Å². The van der Waals surface area contributed by atoms with Gasteiger partial charge in [-0.25, -0.2) is 9.97 Å². The van der Waals surface area contributed by atoms with E-state index in [-0.39, 0.29) is 0 Å². The fourth-order valence-electron chi connectivity index (χ4n) is 7.42. The molecule has 0 bridgehead atoms. The Kier molecular flexibility index (Phi) is 7.31. The van der Waals surface area contributed by atoms with Crippen LogP contribution in [0.4, 0.5) is 0 Å². The Labute approximate surface area is 319 Å². The van der Waals surface area contributed by atoms with Crippen molar-refractivity contribution in [2.45, 2.75) is 0 Å². The zero-order valence-corrected chi connectivity index (χ0v) is 29.7. The summed E-state index contributed by atoms with van der Waals surface area (Å²) < 4.78 is 12.9. The number of hydrogen-bond donors (Lipinski definition) is 0. The van der Waals surface area contributed by atoms with Gasteiger partial charge in [0.25, 0.3) is 0 Å². The van der Waals surface area contributed by atoms with Crippen LogP contribution >= 0.6 is 0 Å². The lowest BCUT2D eigenvalue weighted by atomic mass is 9.99. The molecule has 262 valence electrons. The molecule has 0 unspecified atom stereocenters. The van der Waals surface area contributed by atoms with Gasteiger partial charge in [-0.1, -0.05) is 48.5 Å². The highest BCUT2D eigenvalue weighted by Crippen LogP contribution is 2.39. The predicted octanol–water partition coefficient (Wildman–Crippen LogP) is 11.9. The van der Waals surface area contributed by atoms with Gasteiger partial charge in [0.1, 0.15) is 22.2 Å². The predicted molar refractivity (Wildman–Crippen MR) is 220 cm³/mol. The molecule has 3 aromatic carbocycles. The fourth-order valence-corrected chi connectivity index (χ4v) is 7.42. The summed E-state index contributed by atoms with van der Waals surface area (Å²) in [5.74, 6) is 0. The van der Waals surface area contributed by atoms with Gasteiger partial charge in [-0.15, -0.1) is 0 Å². The molecule has 8 heterocycles. The van der Waals surface area contributed by atoms with Gasteiger partial charge < -0.3 is 8.83 Å².